The van der Waals surface area contributed by atoms with Crippen LogP contribution in [0.2, 0.25) is 0 Å². The maximum absolute atomic E-state index is 12.8. The molecule has 2 saturated heterocycles. The minimum absolute atomic E-state index is 0.123. The molecule has 2 fully saturated rings. The molecule has 0 aromatic heterocycles. The van der Waals surface area contributed by atoms with Gasteiger partial charge >= 0.3 is 0 Å². The average molecular weight is 283 g/mol. The van der Waals surface area contributed by atoms with Gasteiger partial charge in [0.15, 0.2) is 5.78 Å². The van der Waals surface area contributed by atoms with Gasteiger partial charge < -0.3 is 0 Å². The van der Waals surface area contributed by atoms with E-state index >= 15 is 0 Å². The topological polar surface area (TPSA) is 20.3 Å². The molecule has 2 heteroatoms. The molecule has 2 aliphatic heterocycles. The molecule has 0 radical (unpaired) electrons. The minimum Gasteiger partial charge on any atom is -0.298 e. The van der Waals surface area contributed by atoms with Crippen LogP contribution in [0.1, 0.15) is 50.6 Å². The number of ketones is 1. The van der Waals surface area contributed by atoms with Crippen molar-refractivity contribution >= 4 is 5.78 Å². The number of carbonyl (C=O) groups is 1. The second-order valence-electron chi connectivity index (χ2n) is 6.48. The Hall–Kier alpha value is -1.41. The van der Waals surface area contributed by atoms with Crippen LogP contribution in [-0.4, -0.2) is 22.8 Å². The highest BCUT2D eigenvalue weighted by Gasteiger charge is 2.44. The summed E-state index contributed by atoms with van der Waals surface area (Å²) in [6, 6.07) is 11.6. The van der Waals surface area contributed by atoms with Gasteiger partial charge in [0, 0.05) is 18.0 Å². The largest absolute Gasteiger partial charge is 0.298 e. The van der Waals surface area contributed by atoms with Crippen LogP contribution < -0.4 is 0 Å². The SMILES string of the molecule is C=CCC1CC[C@@H]2CC[C@H](C1=O)N2[C@H](C)c1ccccc1. The van der Waals surface area contributed by atoms with Crippen molar-refractivity contribution in [3.8, 4) is 0 Å². The summed E-state index contributed by atoms with van der Waals surface area (Å²) in [6.07, 6.45) is 7.15. The summed E-state index contributed by atoms with van der Waals surface area (Å²) in [7, 11) is 0. The first kappa shape index (κ1) is 14.5. The van der Waals surface area contributed by atoms with Crippen LogP contribution in [0.4, 0.5) is 0 Å². The van der Waals surface area contributed by atoms with Crippen molar-refractivity contribution < 1.29 is 4.79 Å². The van der Waals surface area contributed by atoms with E-state index in [1.54, 1.807) is 0 Å². The van der Waals surface area contributed by atoms with Gasteiger partial charge in [-0.15, -0.1) is 6.58 Å². The molecule has 3 rings (SSSR count). The normalized spacial score (nSPS) is 30.9. The molecule has 21 heavy (non-hydrogen) atoms. The maximum Gasteiger partial charge on any atom is 0.153 e. The molecule has 1 aromatic rings. The Labute approximate surface area is 127 Å². The lowest BCUT2D eigenvalue weighted by Gasteiger charge is -2.33. The number of rotatable bonds is 4. The summed E-state index contributed by atoms with van der Waals surface area (Å²) in [4.78, 5) is 15.4. The van der Waals surface area contributed by atoms with E-state index in [1.165, 1.54) is 12.0 Å². The maximum atomic E-state index is 12.8. The molecule has 2 heterocycles. The smallest absolute Gasteiger partial charge is 0.153 e. The molecule has 0 amide bonds. The molecule has 1 unspecified atom stereocenters. The van der Waals surface area contributed by atoms with Gasteiger partial charge in [-0.25, -0.2) is 0 Å². The highest BCUT2D eigenvalue weighted by Crippen LogP contribution is 2.41. The number of hydrogen-bond acceptors (Lipinski definition) is 2. The first-order valence-corrected chi connectivity index (χ1v) is 8.19. The Bertz CT molecular complexity index is 510. The number of hydrogen-bond donors (Lipinski definition) is 0. The standard InChI is InChI=1S/C19H25NO/c1-3-7-16-10-11-17-12-13-18(19(16)21)20(17)14(2)15-8-5-4-6-9-15/h3-6,8-9,14,16-18H,1,7,10-13H2,2H3/t14-,16?,17-,18-/m1/s1. The van der Waals surface area contributed by atoms with Crippen molar-refractivity contribution in [2.24, 2.45) is 5.92 Å². The number of benzene rings is 1. The fourth-order valence-electron chi connectivity index (χ4n) is 4.22. The van der Waals surface area contributed by atoms with E-state index < -0.39 is 0 Å². The van der Waals surface area contributed by atoms with Gasteiger partial charge in [0.2, 0.25) is 0 Å². The quantitative estimate of drug-likeness (QED) is 0.774. The van der Waals surface area contributed by atoms with E-state index in [-0.39, 0.29) is 12.0 Å². The van der Waals surface area contributed by atoms with Crippen molar-refractivity contribution in [2.45, 2.75) is 57.2 Å². The van der Waals surface area contributed by atoms with Gasteiger partial charge in [-0.1, -0.05) is 36.4 Å². The van der Waals surface area contributed by atoms with E-state index in [4.69, 9.17) is 0 Å². The van der Waals surface area contributed by atoms with Crippen LogP contribution in [0.5, 0.6) is 0 Å². The van der Waals surface area contributed by atoms with Crippen molar-refractivity contribution in [3.63, 3.8) is 0 Å². The van der Waals surface area contributed by atoms with E-state index in [9.17, 15) is 4.79 Å². The predicted molar refractivity (Wildman–Crippen MR) is 86.1 cm³/mol. The zero-order valence-electron chi connectivity index (χ0n) is 12.9. The third-order valence-electron chi connectivity index (χ3n) is 5.31. The molecule has 0 spiro atoms. The van der Waals surface area contributed by atoms with Crippen molar-refractivity contribution in [1.29, 1.82) is 0 Å². The minimum atomic E-state index is 0.123. The van der Waals surface area contributed by atoms with Gasteiger partial charge in [0.05, 0.1) is 6.04 Å². The number of nitrogens with zero attached hydrogens (tertiary/aromatic N) is 1. The Morgan fingerprint density at radius 3 is 2.67 bits per heavy atom. The number of Topliss-reactive ketones (excluding diaryl/α,β-unsaturated/α-hetero) is 1. The summed E-state index contributed by atoms with van der Waals surface area (Å²) in [5, 5.41) is 0. The van der Waals surface area contributed by atoms with E-state index in [2.05, 4.69) is 48.7 Å². The average Bonchev–Trinajstić information content (AvgIpc) is 2.89. The number of carbonyl (C=O) groups excluding carboxylic acids is 1. The third-order valence-corrected chi connectivity index (χ3v) is 5.31. The third kappa shape index (κ3) is 2.69. The first-order valence-electron chi connectivity index (χ1n) is 8.19. The zero-order chi connectivity index (χ0) is 14.8. The second kappa shape index (κ2) is 6.15. The van der Waals surface area contributed by atoms with Crippen molar-refractivity contribution in [3.05, 3.63) is 48.6 Å². The summed E-state index contributed by atoms with van der Waals surface area (Å²) in [5.74, 6) is 0.654. The molecule has 0 saturated carbocycles. The van der Waals surface area contributed by atoms with Crippen molar-refractivity contribution in [2.75, 3.05) is 0 Å². The molecule has 2 bridgehead atoms. The van der Waals surface area contributed by atoms with Crippen LogP contribution in [0.3, 0.4) is 0 Å². The summed E-state index contributed by atoms with van der Waals surface area (Å²) >= 11 is 0. The predicted octanol–water partition coefficient (Wildman–Crippen LogP) is 4.14. The van der Waals surface area contributed by atoms with Crippen LogP contribution >= 0.6 is 0 Å². The van der Waals surface area contributed by atoms with Gasteiger partial charge in [-0.05, 0) is 44.6 Å². The van der Waals surface area contributed by atoms with Gasteiger partial charge in [-0.3, -0.25) is 9.69 Å². The fraction of sp³-hybridized carbons (Fsp3) is 0.526. The Morgan fingerprint density at radius 2 is 1.95 bits per heavy atom. The highest BCUT2D eigenvalue weighted by atomic mass is 16.1. The monoisotopic (exact) mass is 283 g/mol. The zero-order valence-corrected chi connectivity index (χ0v) is 12.9. The molecule has 2 nitrogen and oxygen atoms in total. The lowest BCUT2D eigenvalue weighted by atomic mass is 9.88. The van der Waals surface area contributed by atoms with Crippen LogP contribution in [0.25, 0.3) is 0 Å². The van der Waals surface area contributed by atoms with Crippen LogP contribution in [0.15, 0.2) is 43.0 Å². The second-order valence-corrected chi connectivity index (χ2v) is 6.48. The van der Waals surface area contributed by atoms with Gasteiger partial charge in [-0.2, -0.15) is 0 Å². The summed E-state index contributed by atoms with van der Waals surface area (Å²) in [6.45, 7) is 6.07. The lowest BCUT2D eigenvalue weighted by molar-refractivity contribution is -0.127. The molecule has 4 atom stereocenters. The van der Waals surface area contributed by atoms with Crippen molar-refractivity contribution in [1.82, 2.24) is 4.90 Å². The molecule has 1 aromatic carbocycles. The van der Waals surface area contributed by atoms with Gasteiger partial charge in [0.25, 0.3) is 0 Å². The Balaban J connectivity index is 1.85. The molecular weight excluding hydrogens is 258 g/mol. The van der Waals surface area contributed by atoms with Crippen LogP contribution in [0, 0.1) is 5.92 Å². The molecule has 112 valence electrons. The number of allylic oxidation sites excluding steroid dienone is 1. The fourth-order valence-corrected chi connectivity index (χ4v) is 4.22. The molecular formula is C19H25NO. The highest BCUT2D eigenvalue weighted by molar-refractivity contribution is 5.87. The summed E-state index contributed by atoms with van der Waals surface area (Å²) in [5.41, 5.74) is 1.32. The van der Waals surface area contributed by atoms with Crippen LogP contribution in [-0.2, 0) is 4.79 Å². The first-order chi connectivity index (χ1) is 10.2. The Kier molecular flexibility index (Phi) is 4.25. The van der Waals surface area contributed by atoms with E-state index in [0.717, 1.165) is 25.7 Å². The lowest BCUT2D eigenvalue weighted by Crippen LogP contribution is -2.41. The van der Waals surface area contributed by atoms with Gasteiger partial charge in [0.1, 0.15) is 0 Å². The van der Waals surface area contributed by atoms with E-state index in [0.29, 0.717) is 17.9 Å². The van der Waals surface area contributed by atoms with E-state index in [1.807, 2.05) is 6.08 Å². The Morgan fingerprint density at radius 1 is 1.24 bits per heavy atom. The number of fused-ring (bicyclic) bond motifs is 2. The molecule has 2 aliphatic rings. The molecule has 0 aliphatic carbocycles. The summed E-state index contributed by atoms with van der Waals surface area (Å²) < 4.78 is 0. The molecule has 0 N–H and O–H groups in total.